The van der Waals surface area contributed by atoms with Crippen molar-refractivity contribution in [3.63, 3.8) is 0 Å². The van der Waals surface area contributed by atoms with E-state index < -0.39 is 0 Å². The topological polar surface area (TPSA) is 25.2 Å². The van der Waals surface area contributed by atoms with Gasteiger partial charge in [-0.3, -0.25) is 0 Å². The highest BCUT2D eigenvalue weighted by molar-refractivity contribution is 7.25. The average molecular weight is 670 g/mol. The molecule has 10 rings (SSSR count). The Morgan fingerprint density at radius 1 is 0.373 bits per heavy atom. The third-order valence-corrected chi connectivity index (χ3v) is 11.1. The molecule has 1 N–H and O–H groups in total. The molecule has 0 aliphatic carbocycles. The summed E-state index contributed by atoms with van der Waals surface area (Å²) in [5.41, 5.74) is 13.4. The number of hydrogen-bond donors (Lipinski definition) is 1. The Kier molecular flexibility index (Phi) is 7.04. The Morgan fingerprint density at radius 2 is 0.941 bits per heavy atom. The van der Waals surface area contributed by atoms with E-state index in [0.717, 1.165) is 44.4 Å². The van der Waals surface area contributed by atoms with Gasteiger partial charge in [0.25, 0.3) is 0 Å². The summed E-state index contributed by atoms with van der Waals surface area (Å²) >= 11 is 1.85. The van der Waals surface area contributed by atoms with Crippen LogP contribution in [-0.4, -0.2) is 0 Å². The van der Waals surface area contributed by atoms with Crippen LogP contribution in [0, 0.1) is 0 Å². The zero-order valence-electron chi connectivity index (χ0n) is 27.6. The lowest BCUT2D eigenvalue weighted by atomic mass is 9.92. The molecule has 0 amide bonds. The van der Waals surface area contributed by atoms with Crippen LogP contribution in [0.4, 0.5) is 11.4 Å². The molecule has 2 aromatic heterocycles. The van der Waals surface area contributed by atoms with Gasteiger partial charge < -0.3 is 9.73 Å². The van der Waals surface area contributed by atoms with Crippen LogP contribution in [0.2, 0.25) is 0 Å². The molecule has 0 atom stereocenters. The van der Waals surface area contributed by atoms with Gasteiger partial charge in [0.15, 0.2) is 0 Å². The van der Waals surface area contributed by atoms with E-state index in [0.29, 0.717) is 0 Å². The van der Waals surface area contributed by atoms with Crippen molar-refractivity contribution >= 4 is 64.8 Å². The van der Waals surface area contributed by atoms with E-state index in [1.54, 1.807) is 0 Å². The molecule has 0 unspecified atom stereocenters. The van der Waals surface area contributed by atoms with Crippen LogP contribution in [0.25, 0.3) is 86.6 Å². The standard InChI is InChI=1S/C48H31NOS/c1-2-10-32(11-3-1)37-12-4-5-13-38(37)33-20-22-34(23-21-33)39-15-8-17-43-47(39)48-42(16-9-18-44(48)50-43)49-36-27-24-31(25-28-36)35-26-29-46-41(30-35)40-14-6-7-19-45(40)51-46/h1-30,49H. The molecule has 0 fully saturated rings. The van der Waals surface area contributed by atoms with Gasteiger partial charge in [-0.05, 0) is 93.0 Å². The van der Waals surface area contributed by atoms with Gasteiger partial charge in [0, 0.05) is 31.2 Å². The van der Waals surface area contributed by atoms with Crippen LogP contribution >= 0.6 is 11.3 Å². The molecule has 0 radical (unpaired) electrons. The Bertz CT molecular complexity index is 2860. The summed E-state index contributed by atoms with van der Waals surface area (Å²) in [4.78, 5) is 0. The minimum atomic E-state index is 0.865. The number of anilines is 2. The summed E-state index contributed by atoms with van der Waals surface area (Å²) < 4.78 is 9.10. The van der Waals surface area contributed by atoms with Crippen LogP contribution in [0.5, 0.6) is 0 Å². The van der Waals surface area contributed by atoms with E-state index in [1.807, 2.05) is 11.3 Å². The molecule has 0 aliphatic heterocycles. The molecule has 0 aliphatic rings. The Hall–Kier alpha value is -6.42. The van der Waals surface area contributed by atoms with Gasteiger partial charge in [-0.1, -0.05) is 133 Å². The maximum atomic E-state index is 6.45. The van der Waals surface area contributed by atoms with Gasteiger partial charge >= 0.3 is 0 Å². The lowest BCUT2D eigenvalue weighted by Crippen LogP contribution is -1.91. The number of thiophene rings is 1. The smallest absolute Gasteiger partial charge is 0.137 e. The van der Waals surface area contributed by atoms with E-state index in [2.05, 4.69) is 187 Å². The second-order valence-corrected chi connectivity index (χ2v) is 14.0. The minimum Gasteiger partial charge on any atom is -0.456 e. The largest absolute Gasteiger partial charge is 0.456 e. The van der Waals surface area contributed by atoms with E-state index in [-0.39, 0.29) is 0 Å². The van der Waals surface area contributed by atoms with Crippen molar-refractivity contribution in [1.82, 2.24) is 0 Å². The van der Waals surface area contributed by atoms with E-state index >= 15 is 0 Å². The summed E-state index contributed by atoms with van der Waals surface area (Å²) in [6, 6.07) is 65.0. The molecule has 2 heterocycles. The lowest BCUT2D eigenvalue weighted by Gasteiger charge is -2.12. The molecular formula is C48H31NOS. The first-order valence-corrected chi connectivity index (χ1v) is 18.1. The summed E-state index contributed by atoms with van der Waals surface area (Å²) in [5.74, 6) is 0. The molecule has 0 saturated heterocycles. The van der Waals surface area contributed by atoms with Crippen LogP contribution in [0.1, 0.15) is 0 Å². The molecule has 10 aromatic rings. The van der Waals surface area contributed by atoms with Crippen LogP contribution in [0.3, 0.4) is 0 Å². The number of nitrogens with one attached hydrogen (secondary N) is 1. The number of hydrogen-bond acceptors (Lipinski definition) is 3. The van der Waals surface area contributed by atoms with Crippen molar-refractivity contribution in [1.29, 1.82) is 0 Å². The summed E-state index contributed by atoms with van der Waals surface area (Å²) in [6.07, 6.45) is 0. The van der Waals surface area contributed by atoms with Gasteiger partial charge in [0.2, 0.25) is 0 Å². The van der Waals surface area contributed by atoms with Gasteiger partial charge in [-0.2, -0.15) is 0 Å². The van der Waals surface area contributed by atoms with Crippen LogP contribution < -0.4 is 5.32 Å². The van der Waals surface area contributed by atoms with Crippen molar-refractivity contribution in [2.24, 2.45) is 0 Å². The maximum Gasteiger partial charge on any atom is 0.137 e. The van der Waals surface area contributed by atoms with Crippen molar-refractivity contribution in [3.05, 3.63) is 182 Å². The molecule has 2 nitrogen and oxygen atoms in total. The molecule has 3 heteroatoms. The lowest BCUT2D eigenvalue weighted by molar-refractivity contribution is 0.669. The third-order valence-electron chi connectivity index (χ3n) is 9.92. The highest BCUT2D eigenvalue weighted by Crippen LogP contribution is 2.42. The van der Waals surface area contributed by atoms with Crippen molar-refractivity contribution in [2.45, 2.75) is 0 Å². The third kappa shape index (κ3) is 5.18. The number of fused-ring (bicyclic) bond motifs is 6. The molecule has 0 bridgehead atoms. The SMILES string of the molecule is c1ccc(-c2ccccc2-c2ccc(-c3cccc4oc5cccc(Nc6ccc(-c7ccc8sc9ccccc9c8c7)cc6)c5c34)cc2)cc1. The quantitative estimate of drug-likeness (QED) is 0.191. The Labute approximate surface area is 299 Å². The first-order valence-electron chi connectivity index (χ1n) is 17.3. The Balaban J connectivity index is 0.994. The van der Waals surface area contributed by atoms with Gasteiger partial charge in [-0.25, -0.2) is 0 Å². The normalized spacial score (nSPS) is 11.5. The zero-order chi connectivity index (χ0) is 33.7. The highest BCUT2D eigenvalue weighted by atomic mass is 32.1. The number of rotatable bonds is 6. The molecule has 0 saturated carbocycles. The zero-order valence-corrected chi connectivity index (χ0v) is 28.5. The van der Waals surface area contributed by atoms with E-state index in [1.165, 1.54) is 53.6 Å². The molecule has 51 heavy (non-hydrogen) atoms. The first kappa shape index (κ1) is 29.5. The van der Waals surface area contributed by atoms with Gasteiger partial charge in [0.05, 0.1) is 11.1 Å². The first-order chi connectivity index (χ1) is 25.3. The predicted octanol–water partition coefficient (Wildman–Crippen LogP) is 14.4. The minimum absolute atomic E-state index is 0.865. The fourth-order valence-corrected chi connectivity index (χ4v) is 8.54. The van der Waals surface area contributed by atoms with Crippen molar-refractivity contribution in [2.75, 3.05) is 5.32 Å². The second-order valence-electron chi connectivity index (χ2n) is 13.0. The summed E-state index contributed by atoms with van der Waals surface area (Å²) in [5, 5.41) is 8.56. The van der Waals surface area contributed by atoms with Gasteiger partial charge in [-0.15, -0.1) is 11.3 Å². The van der Waals surface area contributed by atoms with Gasteiger partial charge in [0.1, 0.15) is 11.2 Å². The summed E-state index contributed by atoms with van der Waals surface area (Å²) in [6.45, 7) is 0. The van der Waals surface area contributed by atoms with E-state index in [9.17, 15) is 0 Å². The van der Waals surface area contributed by atoms with Crippen molar-refractivity contribution < 1.29 is 4.42 Å². The Morgan fingerprint density at radius 3 is 1.73 bits per heavy atom. The fraction of sp³-hybridized carbons (Fsp3) is 0. The monoisotopic (exact) mass is 669 g/mol. The molecule has 8 aromatic carbocycles. The molecule has 240 valence electrons. The van der Waals surface area contributed by atoms with Crippen LogP contribution in [0.15, 0.2) is 186 Å². The molecular weight excluding hydrogens is 639 g/mol. The average Bonchev–Trinajstić information content (AvgIpc) is 3.77. The molecule has 0 spiro atoms. The fourth-order valence-electron chi connectivity index (χ4n) is 7.45. The number of furan rings is 1. The van der Waals surface area contributed by atoms with Crippen LogP contribution in [-0.2, 0) is 0 Å². The second kappa shape index (κ2) is 12.2. The van der Waals surface area contributed by atoms with E-state index in [4.69, 9.17) is 4.42 Å². The highest BCUT2D eigenvalue weighted by Gasteiger charge is 2.17. The maximum absolute atomic E-state index is 6.45. The number of benzene rings is 8. The predicted molar refractivity (Wildman–Crippen MR) is 218 cm³/mol. The summed E-state index contributed by atoms with van der Waals surface area (Å²) in [7, 11) is 0. The van der Waals surface area contributed by atoms with Crippen molar-refractivity contribution in [3.8, 4) is 44.5 Å².